The van der Waals surface area contributed by atoms with Gasteiger partial charge < -0.3 is 29.5 Å². The molecule has 230 valence electrons. The van der Waals surface area contributed by atoms with E-state index in [1.54, 1.807) is 23.9 Å². The van der Waals surface area contributed by atoms with Crippen molar-refractivity contribution in [2.24, 2.45) is 46.3 Å². The van der Waals surface area contributed by atoms with E-state index in [-0.39, 0.29) is 17.5 Å². The Balaban J connectivity index is 0.000000165. The Kier molecular flexibility index (Phi) is 8.64. The van der Waals surface area contributed by atoms with Crippen LogP contribution in [0.3, 0.4) is 0 Å². The molecule has 0 radical (unpaired) electrons. The van der Waals surface area contributed by atoms with E-state index in [1.165, 1.54) is 44.8 Å². The van der Waals surface area contributed by atoms with Crippen LogP contribution in [0.1, 0.15) is 77.0 Å². The number of carbonyl (C=O) groups excluding carboxylic acids is 3. The number of carboxylic acid groups (broad SMARTS) is 1. The van der Waals surface area contributed by atoms with Crippen LogP contribution in [-0.4, -0.2) is 103 Å². The highest BCUT2D eigenvalue weighted by Gasteiger charge is 2.58. The number of likely N-dealkylation sites (tertiary alicyclic amines) is 2. The Labute approximate surface area is 246 Å². The minimum Gasteiger partial charge on any atom is -0.481 e. The minimum atomic E-state index is -0.589. The fourth-order valence-corrected chi connectivity index (χ4v) is 9.95. The van der Waals surface area contributed by atoms with Crippen molar-refractivity contribution >= 4 is 24.3 Å². The third-order valence-electron chi connectivity index (χ3n) is 12.0. The molecule has 0 aromatic heterocycles. The third-order valence-corrected chi connectivity index (χ3v) is 12.0. The molecule has 9 heteroatoms. The Morgan fingerprint density at radius 2 is 1.02 bits per heavy atom. The highest BCUT2D eigenvalue weighted by atomic mass is 16.4. The van der Waals surface area contributed by atoms with Crippen LogP contribution in [0.2, 0.25) is 0 Å². The Morgan fingerprint density at radius 3 is 1.37 bits per heavy atom. The van der Waals surface area contributed by atoms with E-state index in [4.69, 9.17) is 0 Å². The number of aliphatic carboxylic acids is 1. The number of amides is 4. The molecule has 1 N–H and O–H groups in total. The number of aldehydes is 1. The molecule has 41 heavy (non-hydrogen) atoms. The van der Waals surface area contributed by atoms with E-state index >= 15 is 0 Å². The number of urea groups is 2. The summed E-state index contributed by atoms with van der Waals surface area (Å²) in [5.41, 5.74) is -0.557. The van der Waals surface area contributed by atoms with Crippen molar-refractivity contribution in [2.75, 3.05) is 54.4 Å². The van der Waals surface area contributed by atoms with E-state index < -0.39 is 11.4 Å². The maximum atomic E-state index is 12.1. The van der Waals surface area contributed by atoms with Gasteiger partial charge in [0.1, 0.15) is 6.29 Å². The number of nitrogens with zero attached hydrogens (tertiary/aromatic N) is 4. The molecule has 4 saturated carbocycles. The summed E-state index contributed by atoms with van der Waals surface area (Å²) in [6.45, 7) is 3.18. The topological polar surface area (TPSA) is 101 Å². The molecule has 2 saturated heterocycles. The van der Waals surface area contributed by atoms with E-state index in [9.17, 15) is 24.3 Å². The molecule has 4 atom stereocenters. The standard InChI is InChI=1S/C16H26N2O3.C16H26N2O2/c1-17(2)15(21)18-9-11-7-16(14(19)20,8-12(11)10-18)13-5-3-4-6-13;1-17(2)15(20)18-9-12-7-16(11-19,8-13(12)10-18)14-5-3-4-6-14/h11-13H,3-10H2,1-2H3,(H,19,20);11-14H,3-10H2,1-2H3. The van der Waals surface area contributed by atoms with Crippen LogP contribution in [0.25, 0.3) is 0 Å². The van der Waals surface area contributed by atoms with Crippen molar-refractivity contribution in [3.05, 3.63) is 0 Å². The van der Waals surface area contributed by atoms with Gasteiger partial charge in [-0.05, 0) is 86.9 Å². The molecule has 6 fully saturated rings. The predicted octanol–water partition coefficient (Wildman–Crippen LogP) is 4.66. The summed E-state index contributed by atoms with van der Waals surface area (Å²) in [7, 11) is 7.17. The number of rotatable bonds is 4. The molecule has 2 aliphatic heterocycles. The van der Waals surface area contributed by atoms with Gasteiger partial charge >= 0.3 is 18.0 Å². The molecule has 0 aromatic rings. The van der Waals surface area contributed by atoms with Crippen LogP contribution in [0.15, 0.2) is 0 Å². The molecule has 0 aromatic carbocycles. The van der Waals surface area contributed by atoms with E-state index in [1.807, 2.05) is 23.9 Å². The highest BCUT2D eigenvalue weighted by Crippen LogP contribution is 2.57. The van der Waals surface area contributed by atoms with Gasteiger partial charge in [0.25, 0.3) is 0 Å². The van der Waals surface area contributed by atoms with E-state index in [2.05, 4.69) is 0 Å². The number of hydrogen-bond donors (Lipinski definition) is 1. The number of carboxylic acids is 1. The van der Waals surface area contributed by atoms with Crippen molar-refractivity contribution in [2.45, 2.75) is 77.0 Å². The van der Waals surface area contributed by atoms with E-state index in [0.29, 0.717) is 35.5 Å². The van der Waals surface area contributed by atoms with E-state index in [0.717, 1.165) is 64.7 Å². The minimum absolute atomic E-state index is 0.0565. The second-order valence-electron chi connectivity index (χ2n) is 14.8. The van der Waals surface area contributed by atoms with Crippen molar-refractivity contribution in [3.63, 3.8) is 0 Å². The summed E-state index contributed by atoms with van der Waals surface area (Å²) in [6, 6.07) is 0.183. The Hall–Kier alpha value is -2.32. The van der Waals surface area contributed by atoms with Crippen molar-refractivity contribution in [3.8, 4) is 0 Å². The van der Waals surface area contributed by atoms with Gasteiger partial charge in [0.15, 0.2) is 0 Å². The highest BCUT2D eigenvalue weighted by molar-refractivity contribution is 5.77. The summed E-state index contributed by atoms with van der Waals surface area (Å²) >= 11 is 0. The fraction of sp³-hybridized carbons (Fsp3) is 0.875. The zero-order valence-electron chi connectivity index (χ0n) is 25.7. The van der Waals surface area contributed by atoms with Crippen LogP contribution >= 0.6 is 0 Å². The van der Waals surface area contributed by atoms with Crippen LogP contribution < -0.4 is 0 Å². The lowest BCUT2D eigenvalue weighted by Crippen LogP contribution is -2.41. The molecule has 4 aliphatic carbocycles. The number of carbonyl (C=O) groups is 4. The fourth-order valence-electron chi connectivity index (χ4n) is 9.95. The van der Waals surface area contributed by atoms with Gasteiger partial charge in [0.05, 0.1) is 5.41 Å². The van der Waals surface area contributed by atoms with Gasteiger partial charge in [0, 0.05) is 59.8 Å². The average molecular weight is 573 g/mol. The second-order valence-corrected chi connectivity index (χ2v) is 14.8. The molecular formula is C32H52N4O5. The van der Waals surface area contributed by atoms with Gasteiger partial charge in [-0.25, -0.2) is 9.59 Å². The molecule has 6 rings (SSSR count). The first kappa shape index (κ1) is 30.1. The van der Waals surface area contributed by atoms with Crippen LogP contribution in [0.5, 0.6) is 0 Å². The lowest BCUT2D eigenvalue weighted by molar-refractivity contribution is -0.152. The molecule has 4 unspecified atom stereocenters. The van der Waals surface area contributed by atoms with Crippen LogP contribution in [0.4, 0.5) is 9.59 Å². The van der Waals surface area contributed by atoms with Crippen molar-refractivity contribution in [1.29, 1.82) is 0 Å². The Bertz CT molecular complexity index is 974. The van der Waals surface area contributed by atoms with Crippen LogP contribution in [0, 0.1) is 46.3 Å². The van der Waals surface area contributed by atoms with Crippen molar-refractivity contribution < 1.29 is 24.3 Å². The molecule has 9 nitrogen and oxygen atoms in total. The monoisotopic (exact) mass is 572 g/mol. The first-order chi connectivity index (χ1) is 19.5. The predicted molar refractivity (Wildman–Crippen MR) is 156 cm³/mol. The van der Waals surface area contributed by atoms with Gasteiger partial charge in [-0.1, -0.05) is 25.7 Å². The first-order valence-corrected chi connectivity index (χ1v) is 16.1. The summed E-state index contributed by atoms with van der Waals surface area (Å²) < 4.78 is 0. The SMILES string of the molecule is CN(C)C(=O)N1CC2CC(C(=O)O)(C3CCCC3)CC2C1.CN(C)C(=O)N1CC2CC(C=O)(C3CCCC3)CC2C1. The maximum absolute atomic E-state index is 12.1. The van der Waals surface area contributed by atoms with Gasteiger partial charge in [-0.15, -0.1) is 0 Å². The molecule has 4 amide bonds. The lowest BCUT2D eigenvalue weighted by atomic mass is 9.72. The summed E-state index contributed by atoms with van der Waals surface area (Å²) in [4.78, 5) is 55.0. The zero-order chi connectivity index (χ0) is 29.5. The third kappa shape index (κ3) is 5.58. The summed E-state index contributed by atoms with van der Waals surface area (Å²) in [5, 5.41) is 9.85. The first-order valence-electron chi connectivity index (χ1n) is 16.1. The molecular weight excluding hydrogens is 520 g/mol. The van der Waals surface area contributed by atoms with Gasteiger partial charge in [-0.2, -0.15) is 0 Å². The normalized spacial score (nSPS) is 36.6. The van der Waals surface area contributed by atoms with Crippen LogP contribution in [-0.2, 0) is 9.59 Å². The molecule has 0 bridgehead atoms. The van der Waals surface area contributed by atoms with Gasteiger partial charge in [-0.3, -0.25) is 4.79 Å². The quantitative estimate of drug-likeness (QED) is 0.494. The summed E-state index contributed by atoms with van der Waals surface area (Å²) in [5.74, 6) is 2.24. The Morgan fingerprint density at radius 1 is 0.659 bits per heavy atom. The molecule has 0 spiro atoms. The molecule has 6 aliphatic rings. The molecule has 2 heterocycles. The maximum Gasteiger partial charge on any atom is 0.319 e. The largest absolute Gasteiger partial charge is 0.481 e. The summed E-state index contributed by atoms with van der Waals surface area (Å²) in [6.07, 6.45) is 14.4. The second kappa shape index (κ2) is 11.8. The zero-order valence-corrected chi connectivity index (χ0v) is 25.7. The number of hydrogen-bond acceptors (Lipinski definition) is 4. The van der Waals surface area contributed by atoms with Crippen molar-refractivity contribution in [1.82, 2.24) is 19.6 Å². The lowest BCUT2D eigenvalue weighted by Gasteiger charge is -2.33. The average Bonchev–Trinajstić information content (AvgIpc) is 3.75. The van der Waals surface area contributed by atoms with Gasteiger partial charge in [0.2, 0.25) is 0 Å². The smallest absolute Gasteiger partial charge is 0.319 e. The number of fused-ring (bicyclic) bond motifs is 2.